The highest BCUT2D eigenvalue weighted by molar-refractivity contribution is 6.35. The first-order valence-corrected chi connectivity index (χ1v) is 10.6. The third kappa shape index (κ3) is 3.42. The van der Waals surface area contributed by atoms with E-state index in [2.05, 4.69) is 29.8 Å². The minimum atomic E-state index is -1.19. The first-order valence-electron chi connectivity index (χ1n) is 10.2. The van der Waals surface area contributed by atoms with Crippen LogP contribution in [0.5, 0.6) is 11.5 Å². The molecule has 1 saturated heterocycles. The van der Waals surface area contributed by atoms with E-state index in [9.17, 15) is 9.59 Å². The third-order valence-corrected chi connectivity index (χ3v) is 6.56. The summed E-state index contributed by atoms with van der Waals surface area (Å²) < 4.78 is 10.7. The van der Waals surface area contributed by atoms with Gasteiger partial charge in [0, 0.05) is 17.7 Å². The zero-order valence-electron chi connectivity index (χ0n) is 17.9. The Morgan fingerprint density at radius 2 is 2.00 bits per heavy atom. The lowest BCUT2D eigenvalue weighted by molar-refractivity contribution is -0.130. The van der Waals surface area contributed by atoms with Crippen molar-refractivity contribution in [3.05, 3.63) is 47.0 Å². The molecule has 2 heterocycles. The van der Waals surface area contributed by atoms with E-state index in [1.54, 1.807) is 37.4 Å². The molecule has 0 radical (unpaired) electrons. The largest absolute Gasteiger partial charge is 0.497 e. The summed E-state index contributed by atoms with van der Waals surface area (Å²) in [6.07, 6.45) is 0.509. The molecule has 2 aromatic carbocycles. The summed E-state index contributed by atoms with van der Waals surface area (Å²) in [6, 6.07) is 10.5. The number of anilines is 2. The molecule has 2 aliphatic heterocycles. The molecule has 0 aliphatic carbocycles. The lowest BCUT2D eigenvalue weighted by atomic mass is 9.79. The number of amides is 2. The van der Waals surface area contributed by atoms with E-state index in [1.807, 2.05) is 6.07 Å². The van der Waals surface area contributed by atoms with Crippen molar-refractivity contribution in [1.29, 1.82) is 0 Å². The fourth-order valence-electron chi connectivity index (χ4n) is 4.56. The smallest absolute Gasteiger partial charge is 0.250 e. The van der Waals surface area contributed by atoms with Crippen LogP contribution in [0, 0.1) is 11.8 Å². The molecule has 2 amide bonds. The van der Waals surface area contributed by atoms with Crippen molar-refractivity contribution in [2.45, 2.75) is 31.8 Å². The lowest BCUT2D eigenvalue weighted by Crippen LogP contribution is -2.52. The summed E-state index contributed by atoms with van der Waals surface area (Å²) in [7, 11) is 3.09. The zero-order chi connectivity index (χ0) is 22.3. The predicted octanol–water partition coefficient (Wildman–Crippen LogP) is 3.78. The van der Waals surface area contributed by atoms with Gasteiger partial charge in [-0.15, -0.1) is 0 Å². The highest BCUT2D eigenvalue weighted by Gasteiger charge is 2.60. The van der Waals surface area contributed by atoms with Crippen molar-refractivity contribution in [1.82, 2.24) is 5.32 Å². The molecule has 0 saturated carbocycles. The summed E-state index contributed by atoms with van der Waals surface area (Å²) in [5.41, 5.74) is 0.555. The van der Waals surface area contributed by atoms with Crippen LogP contribution < -0.4 is 25.4 Å². The Morgan fingerprint density at radius 1 is 1.23 bits per heavy atom. The van der Waals surface area contributed by atoms with Gasteiger partial charge >= 0.3 is 0 Å². The van der Waals surface area contributed by atoms with Crippen LogP contribution in [0.2, 0.25) is 5.02 Å². The minimum Gasteiger partial charge on any atom is -0.497 e. The monoisotopic (exact) mass is 443 g/mol. The molecule has 1 spiro atoms. The van der Waals surface area contributed by atoms with Gasteiger partial charge in [0.25, 0.3) is 0 Å². The van der Waals surface area contributed by atoms with E-state index in [1.165, 1.54) is 7.11 Å². The summed E-state index contributed by atoms with van der Waals surface area (Å²) in [6.45, 7) is 4.14. The van der Waals surface area contributed by atoms with Crippen LogP contribution in [0.4, 0.5) is 11.4 Å². The summed E-state index contributed by atoms with van der Waals surface area (Å²) >= 11 is 6.35. The van der Waals surface area contributed by atoms with Gasteiger partial charge < -0.3 is 20.1 Å². The number of carbonyl (C=O) groups is 2. The molecule has 8 heteroatoms. The number of halogens is 1. The van der Waals surface area contributed by atoms with Gasteiger partial charge in [-0.2, -0.15) is 0 Å². The fraction of sp³-hybridized carbons (Fsp3) is 0.391. The second-order valence-electron chi connectivity index (χ2n) is 8.26. The number of para-hydroxylation sites is 1. The average Bonchev–Trinajstić information content (AvgIpc) is 3.29. The van der Waals surface area contributed by atoms with Gasteiger partial charge in [-0.1, -0.05) is 37.6 Å². The quantitative estimate of drug-likeness (QED) is 0.654. The van der Waals surface area contributed by atoms with Gasteiger partial charge in [-0.25, -0.2) is 0 Å². The van der Waals surface area contributed by atoms with Crippen LogP contribution in [0.15, 0.2) is 36.4 Å². The fourth-order valence-corrected chi connectivity index (χ4v) is 4.78. The number of ether oxygens (including phenoxy) is 2. The van der Waals surface area contributed by atoms with E-state index >= 15 is 0 Å². The van der Waals surface area contributed by atoms with Gasteiger partial charge in [-0.3, -0.25) is 14.9 Å². The highest BCUT2D eigenvalue weighted by atomic mass is 35.5. The Labute approximate surface area is 186 Å². The van der Waals surface area contributed by atoms with E-state index in [-0.39, 0.29) is 23.8 Å². The molecule has 0 aromatic heterocycles. The Balaban J connectivity index is 1.76. The molecule has 3 atom stereocenters. The minimum absolute atomic E-state index is 0.0152. The standard InChI is InChI=1S/C23H26ClN3O4/c1-12(2)17-11-15(21(28)25-18-10-13(30-3)8-9-19(18)31-4)23(27-17)14-6-5-7-16(24)20(14)26-22(23)29/h5-10,12,15,17,27H,11H2,1-4H3,(H,25,28)(H,26,29)/t15-,17+,23+/m1/s1. The van der Waals surface area contributed by atoms with Gasteiger partial charge in [0.1, 0.15) is 17.0 Å². The van der Waals surface area contributed by atoms with E-state index in [4.69, 9.17) is 21.1 Å². The number of benzene rings is 2. The highest BCUT2D eigenvalue weighted by Crippen LogP contribution is 2.50. The Morgan fingerprint density at radius 3 is 2.68 bits per heavy atom. The molecule has 7 nitrogen and oxygen atoms in total. The van der Waals surface area contributed by atoms with Crippen molar-refractivity contribution < 1.29 is 19.1 Å². The number of fused-ring (bicyclic) bond motifs is 2. The van der Waals surface area contributed by atoms with Crippen molar-refractivity contribution in [3.8, 4) is 11.5 Å². The molecule has 31 heavy (non-hydrogen) atoms. The summed E-state index contributed by atoms with van der Waals surface area (Å²) in [4.78, 5) is 26.9. The van der Waals surface area contributed by atoms with Crippen LogP contribution in [0.25, 0.3) is 0 Å². The second kappa shape index (κ2) is 8.05. The summed E-state index contributed by atoms with van der Waals surface area (Å²) in [5, 5.41) is 9.78. The van der Waals surface area contributed by atoms with Gasteiger partial charge in [-0.05, 0) is 30.5 Å². The maximum absolute atomic E-state index is 13.6. The van der Waals surface area contributed by atoms with Crippen molar-refractivity contribution in [3.63, 3.8) is 0 Å². The molecule has 0 unspecified atom stereocenters. The van der Waals surface area contributed by atoms with Gasteiger partial charge in [0.15, 0.2) is 0 Å². The molecule has 2 aliphatic rings. The van der Waals surface area contributed by atoms with Gasteiger partial charge in [0.05, 0.1) is 36.5 Å². The normalized spacial score (nSPS) is 24.3. The molecular formula is C23H26ClN3O4. The van der Waals surface area contributed by atoms with Crippen LogP contribution >= 0.6 is 11.6 Å². The Kier molecular flexibility index (Phi) is 5.58. The van der Waals surface area contributed by atoms with E-state index < -0.39 is 11.5 Å². The van der Waals surface area contributed by atoms with Crippen molar-refractivity contribution in [2.24, 2.45) is 11.8 Å². The molecule has 164 valence electrons. The maximum Gasteiger partial charge on any atom is 0.250 e. The second-order valence-corrected chi connectivity index (χ2v) is 8.67. The zero-order valence-corrected chi connectivity index (χ0v) is 18.7. The Hall–Kier alpha value is -2.77. The molecule has 1 fully saturated rings. The first-order chi connectivity index (χ1) is 14.8. The number of hydrogen-bond donors (Lipinski definition) is 3. The SMILES string of the molecule is COc1ccc(OC)c(NC(=O)[C@H]2C[C@@H](C(C)C)N[C@]23C(=O)Nc2c(Cl)cccc23)c1. The molecule has 4 rings (SSSR count). The third-order valence-electron chi connectivity index (χ3n) is 6.25. The molecule has 0 bridgehead atoms. The van der Waals surface area contributed by atoms with E-state index in [0.717, 1.165) is 0 Å². The van der Waals surface area contributed by atoms with Crippen LogP contribution in [-0.2, 0) is 15.1 Å². The number of methoxy groups -OCH3 is 2. The molecule has 2 aromatic rings. The Bertz CT molecular complexity index is 1040. The topological polar surface area (TPSA) is 88.7 Å². The van der Waals surface area contributed by atoms with Crippen molar-refractivity contribution in [2.75, 3.05) is 24.9 Å². The lowest BCUT2D eigenvalue weighted by Gasteiger charge is -2.29. The van der Waals surface area contributed by atoms with Crippen LogP contribution in [-0.4, -0.2) is 32.1 Å². The van der Waals surface area contributed by atoms with Crippen molar-refractivity contribution >= 4 is 34.8 Å². The number of carbonyl (C=O) groups excluding carboxylic acids is 2. The first kappa shape index (κ1) is 21.5. The number of hydrogen-bond acceptors (Lipinski definition) is 5. The molecule has 3 N–H and O–H groups in total. The van der Waals surface area contributed by atoms with E-state index in [0.29, 0.717) is 39.9 Å². The number of rotatable bonds is 5. The average molecular weight is 444 g/mol. The molecular weight excluding hydrogens is 418 g/mol. The predicted molar refractivity (Wildman–Crippen MR) is 120 cm³/mol. The summed E-state index contributed by atoms with van der Waals surface area (Å²) in [5.74, 6) is 0.148. The maximum atomic E-state index is 13.6. The van der Waals surface area contributed by atoms with Crippen LogP contribution in [0.3, 0.4) is 0 Å². The van der Waals surface area contributed by atoms with Gasteiger partial charge in [0.2, 0.25) is 11.8 Å². The van der Waals surface area contributed by atoms with Crippen LogP contribution in [0.1, 0.15) is 25.8 Å². The number of nitrogens with one attached hydrogen (secondary N) is 3.